The number of carbonyl (C=O) groups is 1. The summed E-state index contributed by atoms with van der Waals surface area (Å²) in [5.41, 5.74) is -0.385. The monoisotopic (exact) mass is 295 g/mol. The number of hydrogen-bond donors (Lipinski definition) is 2. The highest BCUT2D eigenvalue weighted by molar-refractivity contribution is 5.91. The average Bonchev–Trinajstić information content (AvgIpc) is 2.48. The third kappa shape index (κ3) is 4.49. The van der Waals surface area contributed by atoms with Crippen LogP contribution in [0.4, 0.5) is 15.8 Å². The number of nitro groups is 1. The number of anilines is 1. The maximum atomic E-state index is 13.2. The predicted molar refractivity (Wildman–Crippen MR) is 76.5 cm³/mol. The summed E-state index contributed by atoms with van der Waals surface area (Å²) in [6.45, 7) is 1.97. The van der Waals surface area contributed by atoms with E-state index in [0.717, 1.165) is 44.5 Å². The molecule has 0 radical (unpaired) electrons. The van der Waals surface area contributed by atoms with E-state index < -0.39 is 16.4 Å². The molecule has 2 N–H and O–H groups in total. The third-order valence-electron chi connectivity index (χ3n) is 3.66. The first-order valence-corrected chi connectivity index (χ1v) is 7.01. The predicted octanol–water partition coefficient (Wildman–Crippen LogP) is 2.45. The molecule has 7 heteroatoms. The number of nitrogens with one attached hydrogen (secondary N) is 2. The molecule has 1 aromatic rings. The Bertz CT molecular complexity index is 530. The van der Waals surface area contributed by atoms with Crippen molar-refractivity contribution in [2.24, 2.45) is 5.92 Å². The number of benzene rings is 1. The van der Waals surface area contributed by atoms with E-state index in [1.54, 1.807) is 0 Å². The Morgan fingerprint density at radius 1 is 1.43 bits per heavy atom. The maximum absolute atomic E-state index is 13.2. The van der Waals surface area contributed by atoms with Crippen LogP contribution in [0.15, 0.2) is 18.2 Å². The molecule has 1 aliphatic rings. The number of nitrogens with zero attached hydrogens (tertiary/aromatic N) is 1. The topological polar surface area (TPSA) is 84.3 Å². The van der Waals surface area contributed by atoms with Gasteiger partial charge in [0.15, 0.2) is 0 Å². The van der Waals surface area contributed by atoms with Crippen LogP contribution < -0.4 is 10.6 Å². The van der Waals surface area contributed by atoms with Crippen molar-refractivity contribution in [2.75, 3.05) is 18.4 Å². The van der Waals surface area contributed by atoms with Gasteiger partial charge in [-0.2, -0.15) is 4.39 Å². The minimum atomic E-state index is -0.910. The van der Waals surface area contributed by atoms with E-state index in [-0.39, 0.29) is 11.6 Å². The summed E-state index contributed by atoms with van der Waals surface area (Å²) >= 11 is 0. The van der Waals surface area contributed by atoms with Crippen molar-refractivity contribution < 1.29 is 14.1 Å². The second-order valence-corrected chi connectivity index (χ2v) is 5.20. The lowest BCUT2D eigenvalue weighted by Crippen LogP contribution is -2.28. The van der Waals surface area contributed by atoms with E-state index in [1.165, 1.54) is 6.07 Å². The molecule has 1 saturated heterocycles. The molecule has 0 aromatic heterocycles. The van der Waals surface area contributed by atoms with Crippen LogP contribution in [-0.2, 0) is 4.79 Å². The fourth-order valence-electron chi connectivity index (χ4n) is 2.46. The van der Waals surface area contributed by atoms with Crippen LogP contribution in [0.1, 0.15) is 25.7 Å². The minimum Gasteiger partial charge on any atom is -0.326 e. The van der Waals surface area contributed by atoms with Gasteiger partial charge in [0.05, 0.1) is 4.92 Å². The molecule has 1 aliphatic heterocycles. The van der Waals surface area contributed by atoms with Gasteiger partial charge in [-0.05, 0) is 50.4 Å². The molecule has 0 spiro atoms. The summed E-state index contributed by atoms with van der Waals surface area (Å²) in [5, 5.41) is 16.5. The Hall–Kier alpha value is -2.02. The van der Waals surface area contributed by atoms with Crippen LogP contribution in [-0.4, -0.2) is 23.9 Å². The van der Waals surface area contributed by atoms with Crippen molar-refractivity contribution in [2.45, 2.75) is 25.7 Å². The zero-order valence-electron chi connectivity index (χ0n) is 11.6. The SMILES string of the molecule is O=C(CCC1CCNCC1)Nc1ccc(F)c([N+](=O)[O-])c1. The molecular weight excluding hydrogens is 277 g/mol. The van der Waals surface area contributed by atoms with Crippen molar-refractivity contribution in [3.05, 3.63) is 34.1 Å². The number of carbonyl (C=O) groups excluding carboxylic acids is 1. The number of amides is 1. The van der Waals surface area contributed by atoms with Crippen LogP contribution >= 0.6 is 0 Å². The van der Waals surface area contributed by atoms with E-state index in [0.29, 0.717) is 12.3 Å². The van der Waals surface area contributed by atoms with Crippen LogP contribution in [0.3, 0.4) is 0 Å². The van der Waals surface area contributed by atoms with Crippen molar-refractivity contribution in [3.63, 3.8) is 0 Å². The van der Waals surface area contributed by atoms with E-state index in [2.05, 4.69) is 10.6 Å². The van der Waals surface area contributed by atoms with Crippen molar-refractivity contribution in [3.8, 4) is 0 Å². The molecule has 0 aliphatic carbocycles. The summed E-state index contributed by atoms with van der Waals surface area (Å²) in [4.78, 5) is 21.7. The quantitative estimate of drug-likeness (QED) is 0.645. The van der Waals surface area contributed by atoms with Crippen molar-refractivity contribution >= 4 is 17.3 Å². The summed E-state index contributed by atoms with van der Waals surface area (Å²) in [6, 6.07) is 3.35. The van der Waals surface area contributed by atoms with E-state index >= 15 is 0 Å². The first-order chi connectivity index (χ1) is 10.1. The number of nitro benzene ring substituents is 1. The summed E-state index contributed by atoms with van der Waals surface area (Å²) < 4.78 is 13.2. The number of hydrogen-bond acceptors (Lipinski definition) is 4. The molecule has 0 saturated carbocycles. The highest BCUT2D eigenvalue weighted by atomic mass is 19.1. The van der Waals surface area contributed by atoms with Gasteiger partial charge in [0.1, 0.15) is 0 Å². The molecule has 1 amide bonds. The summed E-state index contributed by atoms with van der Waals surface area (Å²) in [6.07, 6.45) is 3.30. The Morgan fingerprint density at radius 2 is 2.14 bits per heavy atom. The minimum absolute atomic E-state index is 0.200. The Labute approximate surface area is 121 Å². The zero-order chi connectivity index (χ0) is 15.2. The standard InChI is InChI=1S/C14H18FN3O3/c15-12-3-2-11(9-13(12)18(20)21)17-14(19)4-1-10-5-7-16-8-6-10/h2-3,9-10,16H,1,4-8H2,(H,17,19). The van der Waals surface area contributed by atoms with Gasteiger partial charge in [0, 0.05) is 18.2 Å². The first-order valence-electron chi connectivity index (χ1n) is 7.01. The highest BCUT2D eigenvalue weighted by Crippen LogP contribution is 2.22. The Kier molecular flexibility index (Phi) is 5.21. The molecule has 0 atom stereocenters. The second-order valence-electron chi connectivity index (χ2n) is 5.20. The summed E-state index contributed by atoms with van der Waals surface area (Å²) in [7, 11) is 0. The highest BCUT2D eigenvalue weighted by Gasteiger charge is 2.17. The van der Waals surface area contributed by atoms with Gasteiger partial charge in [-0.15, -0.1) is 0 Å². The Morgan fingerprint density at radius 3 is 2.81 bits per heavy atom. The van der Waals surface area contributed by atoms with E-state index in [1.807, 2.05) is 0 Å². The fourth-order valence-corrected chi connectivity index (χ4v) is 2.46. The molecular formula is C14H18FN3O3. The Balaban J connectivity index is 1.87. The van der Waals surface area contributed by atoms with Gasteiger partial charge in [0.25, 0.3) is 0 Å². The lowest BCUT2D eigenvalue weighted by molar-refractivity contribution is -0.387. The van der Waals surface area contributed by atoms with Crippen LogP contribution in [0, 0.1) is 21.8 Å². The molecule has 0 unspecified atom stereocenters. The van der Waals surface area contributed by atoms with E-state index in [9.17, 15) is 19.3 Å². The molecule has 1 fully saturated rings. The van der Waals surface area contributed by atoms with Gasteiger partial charge in [-0.1, -0.05) is 0 Å². The van der Waals surface area contributed by atoms with Gasteiger partial charge in [-0.3, -0.25) is 14.9 Å². The molecule has 6 nitrogen and oxygen atoms in total. The van der Waals surface area contributed by atoms with Crippen LogP contribution in [0.2, 0.25) is 0 Å². The number of piperidine rings is 1. The molecule has 2 rings (SSSR count). The van der Waals surface area contributed by atoms with Gasteiger partial charge in [0.2, 0.25) is 11.7 Å². The molecule has 0 bridgehead atoms. The zero-order valence-corrected chi connectivity index (χ0v) is 11.6. The second kappa shape index (κ2) is 7.12. The third-order valence-corrected chi connectivity index (χ3v) is 3.66. The fraction of sp³-hybridized carbons (Fsp3) is 0.500. The van der Waals surface area contributed by atoms with E-state index in [4.69, 9.17) is 0 Å². The first kappa shape index (κ1) is 15.4. The van der Waals surface area contributed by atoms with Crippen molar-refractivity contribution in [1.29, 1.82) is 0 Å². The molecule has 114 valence electrons. The van der Waals surface area contributed by atoms with Crippen molar-refractivity contribution in [1.82, 2.24) is 5.32 Å². The largest absolute Gasteiger partial charge is 0.326 e. The van der Waals surface area contributed by atoms with Gasteiger partial charge in [-0.25, -0.2) is 0 Å². The molecule has 1 heterocycles. The number of rotatable bonds is 5. The number of halogens is 1. The summed E-state index contributed by atoms with van der Waals surface area (Å²) in [5.74, 6) is -0.568. The average molecular weight is 295 g/mol. The lowest BCUT2D eigenvalue weighted by atomic mass is 9.93. The van der Waals surface area contributed by atoms with Crippen LogP contribution in [0.5, 0.6) is 0 Å². The molecule has 21 heavy (non-hydrogen) atoms. The van der Waals surface area contributed by atoms with Crippen LogP contribution in [0.25, 0.3) is 0 Å². The maximum Gasteiger partial charge on any atom is 0.306 e. The molecule has 1 aromatic carbocycles. The normalized spacial score (nSPS) is 15.7. The van der Waals surface area contributed by atoms with Gasteiger partial charge < -0.3 is 10.6 Å². The van der Waals surface area contributed by atoms with Gasteiger partial charge >= 0.3 is 5.69 Å². The lowest BCUT2D eigenvalue weighted by Gasteiger charge is -2.22. The smallest absolute Gasteiger partial charge is 0.306 e.